The molecule has 0 aliphatic rings. The second kappa shape index (κ2) is 5.05. The fourth-order valence-corrected chi connectivity index (χ4v) is 2.68. The normalized spacial score (nSPS) is 10.9. The Morgan fingerprint density at radius 3 is 2.85 bits per heavy atom. The first-order chi connectivity index (χ1) is 9.61. The molecule has 0 radical (unpaired) electrons. The number of hydrogen-bond acceptors (Lipinski definition) is 6. The lowest BCUT2D eigenvalue weighted by Gasteiger charge is -2.01. The van der Waals surface area contributed by atoms with E-state index >= 15 is 0 Å². The molecule has 20 heavy (non-hydrogen) atoms. The zero-order valence-electron chi connectivity index (χ0n) is 11.3. The number of aromatic nitrogens is 3. The van der Waals surface area contributed by atoms with Gasteiger partial charge in [-0.3, -0.25) is 0 Å². The summed E-state index contributed by atoms with van der Waals surface area (Å²) in [4.78, 5) is 8.79. The molecule has 0 unspecified atom stereocenters. The Morgan fingerprint density at radius 1 is 1.25 bits per heavy atom. The third-order valence-corrected chi connectivity index (χ3v) is 3.85. The highest BCUT2D eigenvalue weighted by Crippen LogP contribution is 2.25. The van der Waals surface area contributed by atoms with Crippen molar-refractivity contribution in [3.05, 3.63) is 45.7 Å². The minimum atomic E-state index is 0.453. The van der Waals surface area contributed by atoms with Crippen LogP contribution in [0.4, 0.5) is 5.69 Å². The van der Waals surface area contributed by atoms with Crippen LogP contribution < -0.4 is 5.73 Å². The molecule has 3 aromatic rings. The third kappa shape index (κ3) is 2.55. The molecule has 2 N–H and O–H groups in total. The van der Waals surface area contributed by atoms with Crippen LogP contribution in [0.15, 0.2) is 28.1 Å². The molecule has 0 aliphatic carbocycles. The molecule has 102 valence electrons. The maximum absolute atomic E-state index is 5.95. The minimum absolute atomic E-state index is 0.453. The van der Waals surface area contributed by atoms with Gasteiger partial charge in [-0.2, -0.15) is 4.98 Å². The predicted octanol–water partition coefficient (Wildman–Crippen LogP) is 2.98. The van der Waals surface area contributed by atoms with E-state index in [4.69, 9.17) is 10.3 Å². The summed E-state index contributed by atoms with van der Waals surface area (Å²) in [5, 5.41) is 6.98. The first-order valence-corrected chi connectivity index (χ1v) is 7.10. The molecule has 1 aromatic carbocycles. The molecular formula is C14H14N4OS. The van der Waals surface area contributed by atoms with E-state index in [1.165, 1.54) is 0 Å². The second-order valence-corrected chi connectivity index (χ2v) is 5.61. The minimum Gasteiger partial charge on any atom is -0.398 e. The van der Waals surface area contributed by atoms with Crippen molar-refractivity contribution in [2.45, 2.75) is 20.3 Å². The molecule has 0 bridgehead atoms. The summed E-state index contributed by atoms with van der Waals surface area (Å²) >= 11 is 1.60. The quantitative estimate of drug-likeness (QED) is 0.749. The van der Waals surface area contributed by atoms with Crippen LogP contribution in [0.3, 0.4) is 0 Å². The van der Waals surface area contributed by atoms with Gasteiger partial charge < -0.3 is 10.3 Å². The van der Waals surface area contributed by atoms with Crippen molar-refractivity contribution in [3.8, 4) is 11.5 Å². The average Bonchev–Trinajstić information content (AvgIpc) is 3.02. The van der Waals surface area contributed by atoms with Gasteiger partial charge in [0, 0.05) is 16.8 Å². The molecule has 0 amide bonds. The van der Waals surface area contributed by atoms with E-state index in [1.54, 1.807) is 11.3 Å². The highest BCUT2D eigenvalue weighted by Gasteiger charge is 2.13. The smallest absolute Gasteiger partial charge is 0.260 e. The van der Waals surface area contributed by atoms with Gasteiger partial charge in [-0.25, -0.2) is 4.98 Å². The molecule has 0 fully saturated rings. The maximum atomic E-state index is 5.95. The maximum Gasteiger partial charge on any atom is 0.260 e. The largest absolute Gasteiger partial charge is 0.398 e. The Balaban J connectivity index is 1.88. The molecule has 6 heteroatoms. The van der Waals surface area contributed by atoms with Crippen LogP contribution in [0.1, 0.15) is 22.1 Å². The van der Waals surface area contributed by atoms with Gasteiger partial charge in [0.15, 0.2) is 5.82 Å². The van der Waals surface area contributed by atoms with Crippen LogP contribution in [0, 0.1) is 13.8 Å². The summed E-state index contributed by atoms with van der Waals surface area (Å²) in [7, 11) is 0. The molecule has 0 spiro atoms. The van der Waals surface area contributed by atoms with Gasteiger partial charge in [-0.15, -0.1) is 11.3 Å². The molecule has 2 aromatic heterocycles. The molecule has 0 saturated carbocycles. The lowest BCUT2D eigenvalue weighted by atomic mass is 10.1. The number of anilines is 1. The second-order valence-electron chi connectivity index (χ2n) is 4.67. The summed E-state index contributed by atoms with van der Waals surface area (Å²) in [5.74, 6) is 1.07. The fraction of sp³-hybridized carbons (Fsp3) is 0.214. The van der Waals surface area contributed by atoms with Gasteiger partial charge in [0.2, 0.25) is 0 Å². The Hall–Kier alpha value is -2.21. The molecule has 0 saturated heterocycles. The molecule has 2 heterocycles. The Kier molecular flexibility index (Phi) is 3.23. The number of nitrogens with two attached hydrogens (primary N) is 1. The first kappa shape index (κ1) is 12.8. The van der Waals surface area contributed by atoms with E-state index in [1.807, 2.05) is 37.4 Å². The monoisotopic (exact) mass is 286 g/mol. The van der Waals surface area contributed by atoms with E-state index in [0.717, 1.165) is 21.8 Å². The zero-order chi connectivity index (χ0) is 14.1. The lowest BCUT2D eigenvalue weighted by Crippen LogP contribution is -1.92. The van der Waals surface area contributed by atoms with Crippen molar-refractivity contribution in [3.63, 3.8) is 0 Å². The van der Waals surface area contributed by atoms with Crippen LogP contribution in [0.5, 0.6) is 0 Å². The Morgan fingerprint density at radius 2 is 2.10 bits per heavy atom. The van der Waals surface area contributed by atoms with Crippen LogP contribution in [-0.2, 0) is 6.42 Å². The number of thiazole rings is 1. The molecule has 0 aliphatic heterocycles. The number of rotatable bonds is 3. The third-order valence-electron chi connectivity index (χ3n) is 2.88. The van der Waals surface area contributed by atoms with Gasteiger partial charge in [-0.05, 0) is 26.0 Å². The zero-order valence-corrected chi connectivity index (χ0v) is 12.1. The molecule has 5 nitrogen and oxygen atoms in total. The predicted molar refractivity (Wildman–Crippen MR) is 78.5 cm³/mol. The van der Waals surface area contributed by atoms with Crippen molar-refractivity contribution < 1.29 is 4.52 Å². The van der Waals surface area contributed by atoms with Gasteiger partial charge in [0.05, 0.1) is 12.0 Å². The SMILES string of the molecule is Cc1ccc(N)c(-c2nc(Cc3nc(C)cs3)no2)c1. The lowest BCUT2D eigenvalue weighted by molar-refractivity contribution is 0.424. The summed E-state index contributed by atoms with van der Waals surface area (Å²) in [5.41, 5.74) is 9.47. The first-order valence-electron chi connectivity index (χ1n) is 6.22. The van der Waals surface area contributed by atoms with Gasteiger partial charge in [0.25, 0.3) is 5.89 Å². The summed E-state index contributed by atoms with van der Waals surface area (Å²) < 4.78 is 5.30. The van der Waals surface area contributed by atoms with E-state index < -0.39 is 0 Å². The molecular weight excluding hydrogens is 272 g/mol. The van der Waals surface area contributed by atoms with E-state index in [-0.39, 0.29) is 0 Å². The van der Waals surface area contributed by atoms with Crippen molar-refractivity contribution in [2.24, 2.45) is 0 Å². The number of benzene rings is 1. The number of aryl methyl sites for hydroxylation is 2. The number of nitrogen functional groups attached to an aromatic ring is 1. The van der Waals surface area contributed by atoms with Crippen molar-refractivity contribution in [1.82, 2.24) is 15.1 Å². The highest BCUT2D eigenvalue weighted by atomic mass is 32.1. The van der Waals surface area contributed by atoms with Crippen molar-refractivity contribution >= 4 is 17.0 Å². The van der Waals surface area contributed by atoms with Crippen molar-refractivity contribution in [2.75, 3.05) is 5.73 Å². The average molecular weight is 286 g/mol. The van der Waals surface area contributed by atoms with Crippen LogP contribution in [0.25, 0.3) is 11.5 Å². The Bertz CT molecular complexity index is 747. The van der Waals surface area contributed by atoms with E-state index in [2.05, 4.69) is 15.1 Å². The van der Waals surface area contributed by atoms with E-state index in [0.29, 0.717) is 23.8 Å². The van der Waals surface area contributed by atoms with Gasteiger partial charge in [-0.1, -0.05) is 16.8 Å². The Labute approximate surface area is 120 Å². The highest BCUT2D eigenvalue weighted by molar-refractivity contribution is 7.09. The topological polar surface area (TPSA) is 77.8 Å². The van der Waals surface area contributed by atoms with E-state index in [9.17, 15) is 0 Å². The standard InChI is InChI=1S/C14H14N4OS/c1-8-3-4-11(15)10(5-8)14-17-12(18-19-14)6-13-16-9(2)7-20-13/h3-5,7H,6,15H2,1-2H3. The van der Waals surface area contributed by atoms with Crippen molar-refractivity contribution in [1.29, 1.82) is 0 Å². The summed E-state index contributed by atoms with van der Waals surface area (Å²) in [6, 6.07) is 5.74. The molecule has 3 rings (SSSR count). The molecule has 0 atom stereocenters. The summed E-state index contributed by atoms with van der Waals surface area (Å²) in [6.07, 6.45) is 0.577. The fourth-order valence-electron chi connectivity index (χ4n) is 1.91. The van der Waals surface area contributed by atoms with Gasteiger partial charge >= 0.3 is 0 Å². The van der Waals surface area contributed by atoms with Crippen LogP contribution in [0.2, 0.25) is 0 Å². The van der Waals surface area contributed by atoms with Crippen LogP contribution >= 0.6 is 11.3 Å². The van der Waals surface area contributed by atoms with Crippen LogP contribution in [-0.4, -0.2) is 15.1 Å². The van der Waals surface area contributed by atoms with Gasteiger partial charge in [0.1, 0.15) is 5.01 Å². The number of nitrogens with zero attached hydrogens (tertiary/aromatic N) is 3. The number of hydrogen-bond donors (Lipinski definition) is 1. The summed E-state index contributed by atoms with van der Waals surface area (Å²) in [6.45, 7) is 3.97.